The Labute approximate surface area is 125 Å². The van der Waals surface area contributed by atoms with Crippen LogP contribution in [-0.2, 0) is 22.7 Å². The van der Waals surface area contributed by atoms with Gasteiger partial charge in [0.15, 0.2) is 0 Å². The molecule has 2 heterocycles. The van der Waals surface area contributed by atoms with Crippen LogP contribution in [0, 0.1) is 6.92 Å². The third-order valence-electron chi connectivity index (χ3n) is 3.77. The molecule has 0 aromatic carbocycles. The highest BCUT2D eigenvalue weighted by atomic mass is 16.2. The van der Waals surface area contributed by atoms with Gasteiger partial charge in [-0.1, -0.05) is 13.3 Å². The van der Waals surface area contributed by atoms with E-state index in [1.165, 1.54) is 0 Å². The van der Waals surface area contributed by atoms with E-state index in [0.717, 1.165) is 24.4 Å². The zero-order valence-corrected chi connectivity index (χ0v) is 13.1. The minimum absolute atomic E-state index is 0.0178. The van der Waals surface area contributed by atoms with Gasteiger partial charge in [0.05, 0.1) is 17.9 Å². The molecule has 6 nitrogen and oxygen atoms in total. The fourth-order valence-corrected chi connectivity index (χ4v) is 2.73. The van der Waals surface area contributed by atoms with E-state index in [-0.39, 0.29) is 17.9 Å². The van der Waals surface area contributed by atoms with E-state index in [0.29, 0.717) is 25.9 Å². The zero-order valence-electron chi connectivity index (χ0n) is 13.1. The summed E-state index contributed by atoms with van der Waals surface area (Å²) in [6.45, 7) is 7.77. The molecule has 2 rings (SSSR count). The van der Waals surface area contributed by atoms with Crippen molar-refractivity contribution in [3.63, 3.8) is 0 Å². The molecule has 1 fully saturated rings. The molecular weight excluding hydrogens is 268 g/mol. The Kier molecular flexibility index (Phi) is 4.98. The summed E-state index contributed by atoms with van der Waals surface area (Å²) in [4.78, 5) is 26.1. The Morgan fingerprint density at radius 2 is 2.14 bits per heavy atom. The summed E-state index contributed by atoms with van der Waals surface area (Å²) in [6, 6.07) is 1.62. The van der Waals surface area contributed by atoms with Crippen LogP contribution in [0.4, 0.5) is 0 Å². The number of aryl methyl sites for hydroxylation is 2. The predicted molar refractivity (Wildman–Crippen MR) is 79.5 cm³/mol. The lowest BCUT2D eigenvalue weighted by molar-refractivity contribution is -0.134. The second-order valence-corrected chi connectivity index (χ2v) is 5.51. The average molecular weight is 292 g/mol. The molecule has 0 aliphatic carbocycles. The quantitative estimate of drug-likeness (QED) is 0.887. The van der Waals surface area contributed by atoms with Crippen LogP contribution in [0.25, 0.3) is 0 Å². The van der Waals surface area contributed by atoms with Gasteiger partial charge >= 0.3 is 0 Å². The van der Waals surface area contributed by atoms with Crippen LogP contribution in [0.5, 0.6) is 0 Å². The van der Waals surface area contributed by atoms with Gasteiger partial charge in [-0.2, -0.15) is 5.10 Å². The highest BCUT2D eigenvalue weighted by Crippen LogP contribution is 2.13. The van der Waals surface area contributed by atoms with E-state index in [1.807, 2.05) is 31.5 Å². The van der Waals surface area contributed by atoms with Gasteiger partial charge in [0.1, 0.15) is 6.04 Å². The molecule has 116 valence electrons. The Morgan fingerprint density at radius 1 is 1.38 bits per heavy atom. The number of nitrogens with one attached hydrogen (secondary N) is 1. The molecule has 1 aromatic rings. The molecule has 21 heavy (non-hydrogen) atoms. The lowest BCUT2D eigenvalue weighted by Crippen LogP contribution is -2.44. The van der Waals surface area contributed by atoms with Crippen LogP contribution in [0.15, 0.2) is 6.07 Å². The number of hydrogen-bond donors (Lipinski definition) is 1. The van der Waals surface area contributed by atoms with Crippen molar-refractivity contribution in [1.82, 2.24) is 20.0 Å². The smallest absolute Gasteiger partial charge is 0.245 e. The number of nitrogens with zero attached hydrogens (tertiary/aromatic N) is 3. The molecule has 1 aliphatic heterocycles. The van der Waals surface area contributed by atoms with Crippen LogP contribution in [-0.4, -0.2) is 39.1 Å². The third-order valence-corrected chi connectivity index (χ3v) is 3.77. The van der Waals surface area contributed by atoms with Crippen molar-refractivity contribution in [2.75, 3.05) is 6.54 Å². The van der Waals surface area contributed by atoms with Crippen molar-refractivity contribution in [2.24, 2.45) is 0 Å². The summed E-state index contributed by atoms with van der Waals surface area (Å²) in [6.07, 6.45) is 1.93. The van der Waals surface area contributed by atoms with Gasteiger partial charge in [0.25, 0.3) is 0 Å². The van der Waals surface area contributed by atoms with Crippen molar-refractivity contribution >= 4 is 11.8 Å². The lowest BCUT2D eigenvalue weighted by Gasteiger charge is -2.24. The fraction of sp³-hybridized carbons (Fsp3) is 0.667. The van der Waals surface area contributed by atoms with Gasteiger partial charge < -0.3 is 10.2 Å². The highest BCUT2D eigenvalue weighted by molar-refractivity contribution is 5.89. The van der Waals surface area contributed by atoms with E-state index in [2.05, 4.69) is 10.4 Å². The molecule has 1 unspecified atom stereocenters. The second kappa shape index (κ2) is 6.74. The summed E-state index contributed by atoms with van der Waals surface area (Å²) < 4.78 is 1.91. The number of aromatic nitrogens is 2. The van der Waals surface area contributed by atoms with Crippen molar-refractivity contribution in [2.45, 2.75) is 59.2 Å². The average Bonchev–Trinajstić information content (AvgIpc) is 2.75. The summed E-state index contributed by atoms with van der Waals surface area (Å²) in [5, 5.41) is 7.24. The van der Waals surface area contributed by atoms with Gasteiger partial charge in [0, 0.05) is 19.5 Å². The first-order valence-corrected chi connectivity index (χ1v) is 7.66. The first kappa shape index (κ1) is 15.5. The van der Waals surface area contributed by atoms with Gasteiger partial charge in [-0.3, -0.25) is 14.3 Å². The number of carbonyl (C=O) groups is 2. The first-order valence-electron chi connectivity index (χ1n) is 7.66. The molecule has 0 saturated carbocycles. The van der Waals surface area contributed by atoms with Crippen LogP contribution in [0.1, 0.15) is 44.5 Å². The molecule has 1 N–H and O–H groups in total. The molecule has 1 saturated heterocycles. The number of rotatable bonds is 5. The summed E-state index contributed by atoms with van der Waals surface area (Å²) in [5.74, 6) is -0.0197. The molecule has 1 aromatic heterocycles. The van der Waals surface area contributed by atoms with E-state index >= 15 is 0 Å². The van der Waals surface area contributed by atoms with Crippen LogP contribution >= 0.6 is 0 Å². The normalized spacial score (nSPS) is 19.6. The van der Waals surface area contributed by atoms with Gasteiger partial charge in [-0.15, -0.1) is 0 Å². The molecule has 6 heteroatoms. The Balaban J connectivity index is 2.16. The van der Waals surface area contributed by atoms with Crippen molar-refractivity contribution in [1.29, 1.82) is 0 Å². The van der Waals surface area contributed by atoms with Gasteiger partial charge in [-0.25, -0.2) is 0 Å². The molecule has 0 radical (unpaired) electrons. The molecule has 0 bridgehead atoms. The Morgan fingerprint density at radius 3 is 2.81 bits per heavy atom. The third kappa shape index (κ3) is 3.62. The zero-order chi connectivity index (χ0) is 15.4. The maximum atomic E-state index is 12.6. The van der Waals surface area contributed by atoms with E-state index < -0.39 is 0 Å². The largest absolute Gasteiger partial charge is 0.344 e. The first-order chi connectivity index (χ1) is 10.0. The van der Waals surface area contributed by atoms with Gasteiger partial charge in [-0.05, 0) is 26.3 Å². The topological polar surface area (TPSA) is 67.2 Å². The summed E-state index contributed by atoms with van der Waals surface area (Å²) in [5.41, 5.74) is 1.97. The molecular formula is C15H24N4O2. The number of hydrogen-bond acceptors (Lipinski definition) is 3. The summed E-state index contributed by atoms with van der Waals surface area (Å²) in [7, 11) is 0. The van der Waals surface area contributed by atoms with E-state index in [1.54, 1.807) is 4.90 Å². The lowest BCUT2D eigenvalue weighted by atomic mass is 10.1. The van der Waals surface area contributed by atoms with Gasteiger partial charge in [0.2, 0.25) is 11.8 Å². The monoisotopic (exact) mass is 292 g/mol. The minimum atomic E-state index is -0.385. The maximum absolute atomic E-state index is 12.6. The summed E-state index contributed by atoms with van der Waals surface area (Å²) >= 11 is 0. The molecule has 1 atom stereocenters. The molecule has 1 aliphatic rings. The van der Waals surface area contributed by atoms with Crippen LogP contribution in [0.2, 0.25) is 0 Å². The number of carbonyl (C=O) groups excluding carboxylic acids is 2. The van der Waals surface area contributed by atoms with Crippen molar-refractivity contribution in [3.05, 3.63) is 17.5 Å². The molecule has 0 spiro atoms. The van der Waals surface area contributed by atoms with Crippen LogP contribution in [0.3, 0.4) is 0 Å². The van der Waals surface area contributed by atoms with Crippen molar-refractivity contribution < 1.29 is 9.59 Å². The number of amides is 2. The van der Waals surface area contributed by atoms with E-state index in [9.17, 15) is 9.59 Å². The van der Waals surface area contributed by atoms with Crippen LogP contribution < -0.4 is 5.32 Å². The predicted octanol–water partition coefficient (Wildman–Crippen LogP) is 1.23. The SMILES string of the molecule is CCCC1NC(=O)CCN(Cc2cc(C)nn2CC)C1=O. The Bertz CT molecular complexity index is 524. The van der Waals surface area contributed by atoms with Crippen molar-refractivity contribution in [3.8, 4) is 0 Å². The Hall–Kier alpha value is -1.85. The fourth-order valence-electron chi connectivity index (χ4n) is 2.73. The standard InChI is InChI=1S/C15H24N4O2/c1-4-6-13-15(21)18(8-7-14(20)16-13)10-12-9-11(3)17-19(12)5-2/h9,13H,4-8,10H2,1-3H3,(H,16,20). The second-order valence-electron chi connectivity index (χ2n) is 5.51. The van der Waals surface area contributed by atoms with E-state index in [4.69, 9.17) is 0 Å². The maximum Gasteiger partial charge on any atom is 0.245 e. The molecule has 2 amide bonds. The highest BCUT2D eigenvalue weighted by Gasteiger charge is 2.29. The minimum Gasteiger partial charge on any atom is -0.344 e.